The molecule has 0 fully saturated rings. The Balaban J connectivity index is 2.00. The van der Waals surface area contributed by atoms with Crippen LogP contribution < -0.4 is 10.9 Å². The van der Waals surface area contributed by atoms with Crippen molar-refractivity contribution < 1.29 is 9.90 Å². The number of hydrogen-bond acceptors (Lipinski definition) is 5. The minimum Gasteiger partial charge on any atom is -0.507 e. The van der Waals surface area contributed by atoms with Crippen LogP contribution in [0.25, 0.3) is 22.0 Å². The van der Waals surface area contributed by atoms with Crippen molar-refractivity contribution in [2.24, 2.45) is 0 Å². The summed E-state index contributed by atoms with van der Waals surface area (Å²) in [6.07, 6.45) is 0. The maximum Gasteiger partial charge on any atom is 0.291 e. The Morgan fingerprint density at radius 2 is 1.70 bits per heavy atom. The molecule has 0 spiro atoms. The van der Waals surface area contributed by atoms with Crippen molar-refractivity contribution in [2.45, 2.75) is 20.4 Å². The quantitative estimate of drug-likeness (QED) is 0.474. The van der Waals surface area contributed by atoms with Crippen LogP contribution >= 0.6 is 0 Å². The standard InChI is InChI=1S/C24H21N3O3/c1-3-27-24(30)23(21(15(2)28)22(26-27)16-9-5-4-6-10-16)25-19-13-7-12-18-17(19)11-8-14-20(18)29/h4-14,25,29H,3H2,1-2H3. The number of nitrogens with zero attached hydrogens (tertiary/aromatic N) is 2. The van der Waals surface area contributed by atoms with Gasteiger partial charge in [0.25, 0.3) is 5.56 Å². The first-order valence-electron chi connectivity index (χ1n) is 9.70. The SMILES string of the molecule is CCn1nc(-c2ccccc2)c(C(C)=O)c(Nc2cccc3c(O)cccc23)c1=O. The van der Waals surface area contributed by atoms with Crippen molar-refractivity contribution in [3.05, 3.63) is 82.6 Å². The van der Waals surface area contributed by atoms with Gasteiger partial charge >= 0.3 is 0 Å². The highest BCUT2D eigenvalue weighted by molar-refractivity contribution is 6.07. The average molecular weight is 399 g/mol. The van der Waals surface area contributed by atoms with Crippen LogP contribution in [-0.2, 0) is 6.54 Å². The summed E-state index contributed by atoms with van der Waals surface area (Å²) in [6.45, 7) is 3.62. The molecule has 0 saturated heterocycles. The van der Waals surface area contributed by atoms with Gasteiger partial charge in [-0.15, -0.1) is 0 Å². The van der Waals surface area contributed by atoms with Crippen LogP contribution in [0.2, 0.25) is 0 Å². The largest absolute Gasteiger partial charge is 0.507 e. The molecular weight excluding hydrogens is 378 g/mol. The molecule has 1 aromatic heterocycles. The normalized spacial score (nSPS) is 10.9. The van der Waals surface area contributed by atoms with Crippen LogP contribution in [0.3, 0.4) is 0 Å². The number of aromatic nitrogens is 2. The topological polar surface area (TPSA) is 84.2 Å². The Morgan fingerprint density at radius 3 is 2.40 bits per heavy atom. The Labute approximate surface area is 173 Å². The second kappa shape index (κ2) is 7.83. The number of Topliss-reactive ketones (excluding diaryl/α,β-unsaturated/α-hetero) is 1. The number of carbonyl (C=O) groups excluding carboxylic acids is 1. The van der Waals surface area contributed by atoms with Crippen LogP contribution in [0.15, 0.2) is 71.5 Å². The van der Waals surface area contributed by atoms with Crippen LogP contribution in [0.1, 0.15) is 24.2 Å². The van der Waals surface area contributed by atoms with Crippen LogP contribution in [-0.4, -0.2) is 20.7 Å². The molecule has 3 aromatic carbocycles. The van der Waals surface area contributed by atoms with Gasteiger partial charge in [-0.1, -0.05) is 54.6 Å². The van der Waals surface area contributed by atoms with Crippen LogP contribution in [0.5, 0.6) is 5.75 Å². The van der Waals surface area contributed by atoms with E-state index in [2.05, 4.69) is 10.4 Å². The van der Waals surface area contributed by atoms with E-state index in [-0.39, 0.29) is 28.3 Å². The number of rotatable bonds is 5. The minimum absolute atomic E-state index is 0.147. The molecule has 0 unspecified atom stereocenters. The molecule has 4 rings (SSSR count). The van der Waals surface area contributed by atoms with Crippen LogP contribution in [0.4, 0.5) is 11.4 Å². The molecule has 0 atom stereocenters. The number of phenols is 1. The number of nitrogens with one attached hydrogen (secondary N) is 1. The van der Waals surface area contributed by atoms with Gasteiger partial charge in [-0.2, -0.15) is 5.10 Å². The van der Waals surface area contributed by atoms with E-state index in [0.717, 1.165) is 10.9 Å². The van der Waals surface area contributed by atoms with Crippen molar-refractivity contribution in [1.82, 2.24) is 9.78 Å². The van der Waals surface area contributed by atoms with Gasteiger partial charge in [0, 0.05) is 28.6 Å². The van der Waals surface area contributed by atoms with Crippen molar-refractivity contribution in [1.29, 1.82) is 0 Å². The number of benzene rings is 3. The zero-order chi connectivity index (χ0) is 21.3. The molecule has 0 bridgehead atoms. The number of fused-ring (bicyclic) bond motifs is 1. The Bertz CT molecular complexity index is 1310. The molecule has 30 heavy (non-hydrogen) atoms. The lowest BCUT2D eigenvalue weighted by molar-refractivity contribution is 0.101. The smallest absolute Gasteiger partial charge is 0.291 e. The Kier molecular flexibility index (Phi) is 5.06. The minimum atomic E-state index is -0.375. The fourth-order valence-corrected chi connectivity index (χ4v) is 3.58. The van der Waals surface area contributed by atoms with E-state index in [1.54, 1.807) is 24.3 Å². The molecule has 6 nitrogen and oxygen atoms in total. The fraction of sp³-hybridized carbons (Fsp3) is 0.125. The van der Waals surface area contributed by atoms with Gasteiger partial charge < -0.3 is 10.4 Å². The molecule has 6 heteroatoms. The van der Waals surface area contributed by atoms with Crippen LogP contribution in [0, 0.1) is 0 Å². The van der Waals surface area contributed by atoms with Gasteiger partial charge in [-0.05, 0) is 26.0 Å². The monoisotopic (exact) mass is 399 g/mol. The fourth-order valence-electron chi connectivity index (χ4n) is 3.58. The highest BCUT2D eigenvalue weighted by Gasteiger charge is 2.22. The lowest BCUT2D eigenvalue weighted by Gasteiger charge is -2.17. The molecule has 0 amide bonds. The van der Waals surface area contributed by atoms with E-state index in [4.69, 9.17) is 0 Å². The Morgan fingerprint density at radius 1 is 1.00 bits per heavy atom. The molecule has 0 aliphatic carbocycles. The number of carbonyl (C=O) groups is 1. The number of aryl methyl sites for hydroxylation is 1. The zero-order valence-corrected chi connectivity index (χ0v) is 16.7. The number of aromatic hydroxyl groups is 1. The molecule has 2 N–H and O–H groups in total. The van der Waals surface area contributed by atoms with E-state index < -0.39 is 0 Å². The summed E-state index contributed by atoms with van der Waals surface area (Å²) in [5, 5.41) is 19.2. The van der Waals surface area contributed by atoms with E-state index >= 15 is 0 Å². The van der Waals surface area contributed by atoms with Crippen molar-refractivity contribution in [2.75, 3.05) is 5.32 Å². The predicted molar refractivity (Wildman–Crippen MR) is 119 cm³/mol. The second-order valence-electron chi connectivity index (χ2n) is 6.94. The molecule has 150 valence electrons. The number of ketones is 1. The maximum atomic E-state index is 13.2. The van der Waals surface area contributed by atoms with Gasteiger partial charge in [-0.25, -0.2) is 4.68 Å². The zero-order valence-electron chi connectivity index (χ0n) is 16.7. The highest BCUT2D eigenvalue weighted by atomic mass is 16.3. The van der Waals surface area contributed by atoms with Gasteiger partial charge in [-0.3, -0.25) is 9.59 Å². The predicted octanol–water partition coefficient (Wildman–Crippen LogP) is 4.74. The van der Waals surface area contributed by atoms with Crippen molar-refractivity contribution in [3.8, 4) is 17.0 Å². The first-order chi connectivity index (χ1) is 14.5. The number of anilines is 2. The molecule has 0 aliphatic heterocycles. The summed E-state index contributed by atoms with van der Waals surface area (Å²) in [6, 6.07) is 19.9. The van der Waals surface area contributed by atoms with Gasteiger partial charge in [0.05, 0.1) is 5.56 Å². The maximum absolute atomic E-state index is 13.2. The van der Waals surface area contributed by atoms with E-state index in [0.29, 0.717) is 23.3 Å². The lowest BCUT2D eigenvalue weighted by Crippen LogP contribution is -2.28. The molecule has 0 radical (unpaired) electrons. The summed E-state index contributed by atoms with van der Waals surface area (Å²) in [7, 11) is 0. The number of phenolic OH excluding ortho intramolecular Hbond substituents is 1. The molecule has 4 aromatic rings. The average Bonchev–Trinajstić information content (AvgIpc) is 2.76. The second-order valence-corrected chi connectivity index (χ2v) is 6.94. The summed E-state index contributed by atoms with van der Waals surface area (Å²) >= 11 is 0. The first-order valence-corrected chi connectivity index (χ1v) is 9.70. The third kappa shape index (κ3) is 3.33. The molecular formula is C24H21N3O3. The summed E-state index contributed by atoms with van der Waals surface area (Å²) < 4.78 is 1.35. The summed E-state index contributed by atoms with van der Waals surface area (Å²) in [4.78, 5) is 25.8. The van der Waals surface area contributed by atoms with E-state index in [1.807, 2.05) is 49.4 Å². The van der Waals surface area contributed by atoms with E-state index in [1.165, 1.54) is 11.6 Å². The summed E-state index contributed by atoms with van der Waals surface area (Å²) in [5.41, 5.74) is 1.87. The third-order valence-electron chi connectivity index (χ3n) is 5.01. The highest BCUT2D eigenvalue weighted by Crippen LogP contribution is 2.33. The van der Waals surface area contributed by atoms with Gasteiger partial charge in [0.15, 0.2) is 5.78 Å². The molecule has 1 heterocycles. The van der Waals surface area contributed by atoms with Crippen molar-refractivity contribution in [3.63, 3.8) is 0 Å². The molecule has 0 aliphatic rings. The molecule has 0 saturated carbocycles. The lowest BCUT2D eigenvalue weighted by atomic mass is 10.0. The first kappa shape index (κ1) is 19.4. The number of hydrogen-bond donors (Lipinski definition) is 2. The van der Waals surface area contributed by atoms with Gasteiger partial charge in [0.2, 0.25) is 0 Å². The van der Waals surface area contributed by atoms with Crippen molar-refractivity contribution >= 4 is 27.9 Å². The summed E-state index contributed by atoms with van der Waals surface area (Å²) in [5.74, 6) is -0.110. The Hall–Kier alpha value is -3.93. The van der Waals surface area contributed by atoms with Gasteiger partial charge in [0.1, 0.15) is 17.1 Å². The third-order valence-corrected chi connectivity index (χ3v) is 5.01. The van der Waals surface area contributed by atoms with E-state index in [9.17, 15) is 14.7 Å².